The number of amides is 2. The van der Waals surface area contributed by atoms with Crippen LogP contribution >= 0.6 is 0 Å². The zero-order chi connectivity index (χ0) is 21.5. The topological polar surface area (TPSA) is 132 Å². The van der Waals surface area contributed by atoms with Crippen LogP contribution in [0.15, 0.2) is 60.8 Å². The monoisotopic (exact) mass is 409 g/mol. The van der Waals surface area contributed by atoms with E-state index in [2.05, 4.69) is 10.3 Å². The lowest BCUT2D eigenvalue weighted by Crippen LogP contribution is -2.46. The molecule has 0 aliphatic carbocycles. The third-order valence-electron chi connectivity index (χ3n) is 4.97. The van der Waals surface area contributed by atoms with Gasteiger partial charge in [0.15, 0.2) is 0 Å². The van der Waals surface area contributed by atoms with Crippen LogP contribution in [0.3, 0.4) is 0 Å². The number of hydrogen-bond donors (Lipinski definition) is 5. The first-order valence-electron chi connectivity index (χ1n) is 9.53. The maximum Gasteiger partial charge on any atom is 0.326 e. The molecule has 0 saturated heterocycles. The molecular weight excluding hydrogens is 386 g/mol. The van der Waals surface area contributed by atoms with Gasteiger partial charge in [0.1, 0.15) is 6.04 Å². The minimum atomic E-state index is -1.17. The lowest BCUT2D eigenvalue weighted by Gasteiger charge is -2.20. The number of carboxylic acids is 1. The van der Waals surface area contributed by atoms with Gasteiger partial charge < -0.3 is 15.4 Å². The maximum absolute atomic E-state index is 12.9. The number of rotatable bonds is 9. The molecule has 1 aromatic heterocycles. The number of fused-ring (bicyclic) bond motifs is 1. The van der Waals surface area contributed by atoms with E-state index in [1.54, 1.807) is 6.20 Å². The largest absolute Gasteiger partial charge is 0.480 e. The number of H-pyrrole nitrogens is 1. The number of carbonyl (C=O) groups is 3. The Morgan fingerprint density at radius 2 is 1.67 bits per heavy atom. The van der Waals surface area contributed by atoms with Gasteiger partial charge in [-0.05, 0) is 23.6 Å². The fourth-order valence-corrected chi connectivity index (χ4v) is 3.44. The third kappa shape index (κ3) is 5.24. The summed E-state index contributed by atoms with van der Waals surface area (Å²) in [5.41, 5.74) is 4.00. The molecule has 2 amide bonds. The Kier molecular flexibility index (Phi) is 6.82. The molecule has 0 unspecified atom stereocenters. The normalized spacial score (nSPS) is 12.8. The maximum atomic E-state index is 12.9. The number of aliphatic carboxylic acids is 1. The van der Waals surface area contributed by atoms with Crippen molar-refractivity contribution in [1.82, 2.24) is 15.8 Å². The van der Waals surface area contributed by atoms with E-state index in [0.29, 0.717) is 0 Å². The van der Waals surface area contributed by atoms with Crippen LogP contribution in [0.2, 0.25) is 0 Å². The Morgan fingerprint density at radius 1 is 0.967 bits per heavy atom. The second kappa shape index (κ2) is 9.71. The molecular formula is C22H23N3O5. The van der Waals surface area contributed by atoms with Gasteiger partial charge in [0.2, 0.25) is 11.8 Å². The molecule has 3 aromatic rings. The smallest absolute Gasteiger partial charge is 0.326 e. The van der Waals surface area contributed by atoms with Crippen LogP contribution < -0.4 is 10.8 Å². The number of benzene rings is 2. The Labute approximate surface area is 172 Å². The molecule has 8 nitrogen and oxygen atoms in total. The summed E-state index contributed by atoms with van der Waals surface area (Å²) in [5, 5.41) is 21.9. The number of aromatic nitrogens is 1. The number of carbonyl (C=O) groups excluding carboxylic acids is 2. The van der Waals surface area contributed by atoms with E-state index in [1.807, 2.05) is 54.6 Å². The zero-order valence-corrected chi connectivity index (χ0v) is 16.2. The number of nitrogens with one attached hydrogen (secondary N) is 3. The summed E-state index contributed by atoms with van der Waals surface area (Å²) < 4.78 is 0. The van der Waals surface area contributed by atoms with Crippen molar-refractivity contribution in [3.8, 4) is 0 Å². The molecule has 5 N–H and O–H groups in total. The van der Waals surface area contributed by atoms with Crippen molar-refractivity contribution >= 4 is 28.7 Å². The van der Waals surface area contributed by atoms with Crippen molar-refractivity contribution in [2.45, 2.75) is 25.3 Å². The second-order valence-electron chi connectivity index (χ2n) is 7.09. The van der Waals surface area contributed by atoms with Crippen molar-refractivity contribution in [2.75, 3.05) is 0 Å². The molecule has 0 bridgehead atoms. The first kappa shape index (κ1) is 21.1. The van der Waals surface area contributed by atoms with E-state index >= 15 is 0 Å². The lowest BCUT2D eigenvalue weighted by molar-refractivity contribution is -0.142. The van der Waals surface area contributed by atoms with Gasteiger partial charge in [0.05, 0.1) is 5.92 Å². The minimum Gasteiger partial charge on any atom is -0.480 e. The zero-order valence-electron chi connectivity index (χ0n) is 16.2. The van der Waals surface area contributed by atoms with Crippen molar-refractivity contribution in [3.63, 3.8) is 0 Å². The molecule has 0 radical (unpaired) electrons. The van der Waals surface area contributed by atoms with E-state index in [-0.39, 0.29) is 19.3 Å². The summed E-state index contributed by atoms with van der Waals surface area (Å²) in [5.74, 6) is -3.27. The highest BCUT2D eigenvalue weighted by Gasteiger charge is 2.28. The first-order valence-corrected chi connectivity index (χ1v) is 9.53. The van der Waals surface area contributed by atoms with E-state index in [0.717, 1.165) is 22.0 Å². The Hall–Kier alpha value is -3.65. The average Bonchev–Trinajstić information content (AvgIpc) is 3.16. The predicted molar refractivity (Wildman–Crippen MR) is 110 cm³/mol. The molecule has 3 rings (SSSR count). The van der Waals surface area contributed by atoms with Gasteiger partial charge in [-0.1, -0.05) is 48.5 Å². The Bertz CT molecular complexity index is 1030. The fraction of sp³-hybridized carbons (Fsp3) is 0.227. The number of hydroxylamine groups is 1. The number of aromatic amines is 1. The molecule has 1 heterocycles. The average molecular weight is 409 g/mol. The summed E-state index contributed by atoms with van der Waals surface area (Å²) >= 11 is 0. The Balaban J connectivity index is 1.76. The van der Waals surface area contributed by atoms with E-state index in [9.17, 15) is 19.5 Å². The Morgan fingerprint density at radius 3 is 2.37 bits per heavy atom. The number of hydrogen-bond acceptors (Lipinski definition) is 4. The second-order valence-corrected chi connectivity index (χ2v) is 7.09. The van der Waals surface area contributed by atoms with E-state index in [1.165, 1.54) is 5.48 Å². The van der Waals surface area contributed by atoms with Crippen LogP contribution in [0.25, 0.3) is 10.9 Å². The third-order valence-corrected chi connectivity index (χ3v) is 4.97. The van der Waals surface area contributed by atoms with Gasteiger partial charge in [-0.3, -0.25) is 14.8 Å². The fourth-order valence-electron chi connectivity index (χ4n) is 3.44. The van der Waals surface area contributed by atoms with Crippen LogP contribution in [-0.2, 0) is 27.2 Å². The molecule has 8 heteroatoms. The van der Waals surface area contributed by atoms with Gasteiger partial charge in [-0.25, -0.2) is 10.3 Å². The summed E-state index contributed by atoms with van der Waals surface area (Å²) in [7, 11) is 0. The van der Waals surface area contributed by atoms with Crippen LogP contribution in [0.1, 0.15) is 17.5 Å². The predicted octanol–water partition coefficient (Wildman–Crippen LogP) is 2.03. The molecule has 2 aromatic carbocycles. The van der Waals surface area contributed by atoms with Gasteiger partial charge in [-0.2, -0.15) is 0 Å². The van der Waals surface area contributed by atoms with Crippen LogP contribution in [-0.4, -0.2) is 39.1 Å². The molecule has 30 heavy (non-hydrogen) atoms. The molecule has 2 atom stereocenters. The molecule has 0 spiro atoms. The summed E-state index contributed by atoms with van der Waals surface area (Å²) in [6.45, 7) is 0. The van der Waals surface area contributed by atoms with Crippen molar-refractivity contribution in [3.05, 3.63) is 71.9 Å². The molecule has 0 aliphatic heterocycles. The van der Waals surface area contributed by atoms with Gasteiger partial charge in [0, 0.05) is 29.9 Å². The summed E-state index contributed by atoms with van der Waals surface area (Å²) in [6, 6.07) is 15.4. The van der Waals surface area contributed by atoms with Crippen molar-refractivity contribution < 1.29 is 24.7 Å². The minimum absolute atomic E-state index is 0.0926. The lowest BCUT2D eigenvalue weighted by atomic mass is 9.94. The van der Waals surface area contributed by atoms with Crippen molar-refractivity contribution in [2.24, 2.45) is 5.92 Å². The molecule has 0 saturated carbocycles. The highest BCUT2D eigenvalue weighted by Crippen LogP contribution is 2.20. The summed E-state index contributed by atoms with van der Waals surface area (Å²) in [6.07, 6.45) is 1.79. The molecule has 0 fully saturated rings. The van der Waals surface area contributed by atoms with Crippen LogP contribution in [0, 0.1) is 5.92 Å². The SMILES string of the molecule is O=C(C[C@@H](Cc1ccccc1)C(=O)N[C@@H](Cc1c[nH]c2ccccc12)C(=O)O)NO. The highest BCUT2D eigenvalue weighted by molar-refractivity contribution is 5.89. The summed E-state index contributed by atoms with van der Waals surface area (Å²) in [4.78, 5) is 39.4. The molecule has 156 valence electrons. The van der Waals surface area contributed by atoms with Crippen molar-refractivity contribution in [1.29, 1.82) is 0 Å². The standard InChI is InChI=1S/C22H23N3O5/c26-20(25-30)12-15(10-14-6-2-1-3-7-14)21(27)24-19(22(28)29)11-16-13-23-18-9-5-4-8-17(16)18/h1-9,13,15,19,23,30H,10-12H2,(H,24,27)(H,25,26)(H,28,29)/t15-,19+/m1/s1. The highest BCUT2D eigenvalue weighted by atomic mass is 16.5. The van der Waals surface area contributed by atoms with Crippen LogP contribution in [0.5, 0.6) is 0 Å². The van der Waals surface area contributed by atoms with Crippen LogP contribution in [0.4, 0.5) is 0 Å². The van der Waals surface area contributed by atoms with E-state index in [4.69, 9.17) is 5.21 Å². The van der Waals surface area contributed by atoms with Gasteiger partial charge in [-0.15, -0.1) is 0 Å². The number of carboxylic acid groups (broad SMARTS) is 1. The van der Waals surface area contributed by atoms with Gasteiger partial charge in [0.25, 0.3) is 0 Å². The quantitative estimate of drug-likeness (QED) is 0.273. The molecule has 0 aliphatic rings. The number of para-hydroxylation sites is 1. The van der Waals surface area contributed by atoms with Gasteiger partial charge >= 0.3 is 5.97 Å². The first-order chi connectivity index (χ1) is 14.5. The van der Waals surface area contributed by atoms with E-state index < -0.39 is 29.7 Å².